The number of rotatable bonds is 8. The van der Waals surface area contributed by atoms with Crippen molar-refractivity contribution < 1.29 is 19.4 Å². The zero-order valence-corrected chi connectivity index (χ0v) is 10.8. The summed E-state index contributed by atoms with van der Waals surface area (Å²) in [5.74, 6) is -1.08. The first kappa shape index (κ1) is 15.9. The van der Waals surface area contributed by atoms with Gasteiger partial charge in [0.2, 0.25) is 5.91 Å². The van der Waals surface area contributed by atoms with Crippen LogP contribution < -0.4 is 10.6 Å². The molecule has 2 unspecified atom stereocenters. The van der Waals surface area contributed by atoms with Crippen LogP contribution >= 0.6 is 0 Å². The maximum Gasteiger partial charge on any atom is 0.327 e. The number of carboxylic acid groups (broad SMARTS) is 1. The quantitative estimate of drug-likeness (QED) is 0.554. The molecule has 3 N–H and O–H groups in total. The van der Waals surface area contributed by atoms with Crippen LogP contribution in [0.2, 0.25) is 0 Å². The van der Waals surface area contributed by atoms with Gasteiger partial charge in [0.25, 0.3) is 0 Å². The van der Waals surface area contributed by atoms with E-state index < -0.39 is 12.0 Å². The van der Waals surface area contributed by atoms with Crippen LogP contribution in [-0.4, -0.2) is 49.3 Å². The van der Waals surface area contributed by atoms with Gasteiger partial charge in [0, 0.05) is 26.6 Å². The van der Waals surface area contributed by atoms with Crippen molar-refractivity contribution in [2.24, 2.45) is 5.92 Å². The molecule has 6 heteroatoms. The highest BCUT2D eigenvalue weighted by atomic mass is 16.5. The largest absolute Gasteiger partial charge is 0.480 e. The lowest BCUT2D eigenvalue weighted by Crippen LogP contribution is -2.50. The second-order valence-corrected chi connectivity index (χ2v) is 4.31. The van der Waals surface area contributed by atoms with Crippen molar-refractivity contribution in [3.05, 3.63) is 0 Å². The molecule has 0 aromatic rings. The summed E-state index contributed by atoms with van der Waals surface area (Å²) in [6, 6.07) is -0.846. The highest BCUT2D eigenvalue weighted by molar-refractivity contribution is 5.82. The molecule has 0 fully saturated rings. The summed E-state index contributed by atoms with van der Waals surface area (Å²) in [7, 11) is 1.60. The van der Waals surface area contributed by atoms with Crippen LogP contribution in [0.25, 0.3) is 0 Å². The molecule has 2 atom stereocenters. The Balaban J connectivity index is 4.26. The molecular weight excluding hydrogens is 224 g/mol. The average Bonchev–Trinajstić information content (AvgIpc) is 2.20. The maximum absolute atomic E-state index is 10.9. The maximum atomic E-state index is 10.9. The molecule has 0 aromatic heterocycles. The van der Waals surface area contributed by atoms with E-state index in [0.717, 1.165) is 0 Å². The van der Waals surface area contributed by atoms with Crippen LogP contribution in [0.5, 0.6) is 0 Å². The summed E-state index contributed by atoms with van der Waals surface area (Å²) in [5.41, 5.74) is 0. The van der Waals surface area contributed by atoms with Gasteiger partial charge in [-0.3, -0.25) is 4.79 Å². The van der Waals surface area contributed by atoms with Gasteiger partial charge in [-0.05, 0) is 5.92 Å². The smallest absolute Gasteiger partial charge is 0.327 e. The lowest BCUT2D eigenvalue weighted by molar-refractivity contribution is -0.141. The number of carbonyl (C=O) groups is 2. The molecule has 17 heavy (non-hydrogen) atoms. The molecule has 6 nitrogen and oxygen atoms in total. The number of carboxylic acids is 1. The van der Waals surface area contributed by atoms with Crippen LogP contribution in [0.1, 0.15) is 20.8 Å². The van der Waals surface area contributed by atoms with Gasteiger partial charge in [-0.1, -0.05) is 13.8 Å². The highest BCUT2D eigenvalue weighted by Crippen LogP contribution is 2.01. The van der Waals surface area contributed by atoms with Crippen molar-refractivity contribution >= 4 is 11.9 Å². The van der Waals surface area contributed by atoms with Gasteiger partial charge in [0.15, 0.2) is 0 Å². The highest BCUT2D eigenvalue weighted by Gasteiger charge is 2.21. The second-order valence-electron chi connectivity index (χ2n) is 4.31. The van der Waals surface area contributed by atoms with Crippen LogP contribution in [-0.2, 0) is 14.3 Å². The third-order valence-corrected chi connectivity index (χ3v) is 2.41. The second kappa shape index (κ2) is 8.03. The number of hydrogen-bond acceptors (Lipinski definition) is 4. The molecule has 1 amide bonds. The van der Waals surface area contributed by atoms with E-state index in [1.54, 1.807) is 7.11 Å². The zero-order valence-electron chi connectivity index (χ0n) is 10.8. The van der Waals surface area contributed by atoms with Gasteiger partial charge >= 0.3 is 5.97 Å². The number of methoxy groups -OCH3 is 1. The monoisotopic (exact) mass is 246 g/mol. The third-order valence-electron chi connectivity index (χ3n) is 2.41. The number of amides is 1. The third kappa shape index (κ3) is 6.91. The van der Waals surface area contributed by atoms with Crippen molar-refractivity contribution in [3.63, 3.8) is 0 Å². The predicted molar refractivity (Wildman–Crippen MR) is 63.7 cm³/mol. The molecule has 0 spiro atoms. The molecule has 0 aliphatic carbocycles. The van der Waals surface area contributed by atoms with Crippen LogP contribution in [0.4, 0.5) is 0 Å². The van der Waals surface area contributed by atoms with E-state index >= 15 is 0 Å². The SMILES string of the molecule is COCC(NCC(NC(C)=O)C(=O)O)C(C)C. The number of hydrogen-bond donors (Lipinski definition) is 3. The lowest BCUT2D eigenvalue weighted by Gasteiger charge is -2.23. The predicted octanol–water partition coefficient (Wildman–Crippen LogP) is -0.164. The minimum Gasteiger partial charge on any atom is -0.480 e. The average molecular weight is 246 g/mol. The Morgan fingerprint density at radius 2 is 1.94 bits per heavy atom. The number of nitrogens with one attached hydrogen (secondary N) is 2. The Bertz CT molecular complexity index is 256. The lowest BCUT2D eigenvalue weighted by atomic mass is 10.1. The minimum absolute atomic E-state index is 0.0654. The Morgan fingerprint density at radius 1 is 1.35 bits per heavy atom. The topological polar surface area (TPSA) is 87.7 Å². The van der Waals surface area contributed by atoms with E-state index in [1.165, 1.54) is 6.92 Å². The summed E-state index contributed by atoms with van der Waals surface area (Å²) in [6.45, 7) is 6.02. The molecule has 0 saturated heterocycles. The first-order valence-electron chi connectivity index (χ1n) is 5.60. The Labute approximate surface area is 102 Å². The van der Waals surface area contributed by atoms with Crippen LogP contribution in [0.3, 0.4) is 0 Å². The van der Waals surface area contributed by atoms with Gasteiger partial charge in [-0.25, -0.2) is 4.79 Å². The van der Waals surface area contributed by atoms with E-state index in [1.807, 2.05) is 13.8 Å². The summed E-state index contributed by atoms with van der Waals surface area (Å²) in [6.07, 6.45) is 0. The molecule has 0 radical (unpaired) electrons. The van der Waals surface area contributed by atoms with Crippen LogP contribution in [0.15, 0.2) is 0 Å². The zero-order chi connectivity index (χ0) is 13.4. The molecule has 0 aliphatic heterocycles. The minimum atomic E-state index is -1.05. The van der Waals surface area contributed by atoms with Gasteiger partial charge < -0.3 is 20.5 Å². The molecule has 0 heterocycles. The Morgan fingerprint density at radius 3 is 2.29 bits per heavy atom. The normalized spacial score (nSPS) is 14.4. The molecule has 0 aromatic carbocycles. The molecule has 0 aliphatic rings. The van der Waals surface area contributed by atoms with Gasteiger partial charge in [-0.2, -0.15) is 0 Å². The summed E-state index contributed by atoms with van der Waals surface area (Å²) in [4.78, 5) is 21.7. The van der Waals surface area contributed by atoms with Crippen molar-refractivity contribution in [2.75, 3.05) is 20.3 Å². The van der Waals surface area contributed by atoms with Crippen LogP contribution in [0, 0.1) is 5.92 Å². The summed E-state index contributed by atoms with van der Waals surface area (Å²) < 4.78 is 5.04. The van der Waals surface area contributed by atoms with E-state index in [9.17, 15) is 9.59 Å². The number of aliphatic carboxylic acids is 1. The van der Waals surface area contributed by atoms with E-state index in [4.69, 9.17) is 9.84 Å². The summed E-state index contributed by atoms with van der Waals surface area (Å²) in [5, 5.41) is 14.4. The van der Waals surface area contributed by atoms with Gasteiger partial charge in [0.05, 0.1) is 6.61 Å². The Kier molecular flexibility index (Phi) is 7.49. The van der Waals surface area contributed by atoms with Crippen molar-refractivity contribution in [1.29, 1.82) is 0 Å². The first-order chi connectivity index (χ1) is 7.88. The fourth-order valence-corrected chi connectivity index (χ4v) is 1.38. The van der Waals surface area contributed by atoms with E-state index in [0.29, 0.717) is 12.5 Å². The van der Waals surface area contributed by atoms with Crippen molar-refractivity contribution in [3.8, 4) is 0 Å². The summed E-state index contributed by atoms with van der Waals surface area (Å²) >= 11 is 0. The Hall–Kier alpha value is -1.14. The molecule has 0 rings (SSSR count). The number of ether oxygens (including phenoxy) is 1. The van der Waals surface area contributed by atoms with Gasteiger partial charge in [-0.15, -0.1) is 0 Å². The molecule has 100 valence electrons. The standard InChI is InChI=1S/C11H22N2O4/c1-7(2)10(6-17-4)12-5-9(11(15)16)13-8(3)14/h7,9-10,12H,5-6H2,1-4H3,(H,13,14)(H,15,16). The van der Waals surface area contributed by atoms with E-state index in [2.05, 4.69) is 10.6 Å². The molecule has 0 bridgehead atoms. The van der Waals surface area contributed by atoms with Gasteiger partial charge in [0.1, 0.15) is 6.04 Å². The first-order valence-corrected chi connectivity index (χ1v) is 5.60. The fourth-order valence-electron chi connectivity index (χ4n) is 1.38. The fraction of sp³-hybridized carbons (Fsp3) is 0.818. The van der Waals surface area contributed by atoms with E-state index in [-0.39, 0.29) is 18.5 Å². The molecular formula is C11H22N2O4. The molecule has 0 saturated carbocycles. The van der Waals surface area contributed by atoms with Crippen molar-refractivity contribution in [1.82, 2.24) is 10.6 Å². The number of carbonyl (C=O) groups excluding carboxylic acids is 1. The van der Waals surface area contributed by atoms with Crippen molar-refractivity contribution in [2.45, 2.75) is 32.9 Å².